The first kappa shape index (κ1) is 14.7. The maximum atomic E-state index is 13.3. The molecule has 23 heavy (non-hydrogen) atoms. The molecule has 1 saturated heterocycles. The van der Waals surface area contributed by atoms with Crippen molar-refractivity contribution in [2.75, 3.05) is 7.05 Å². The maximum Gasteiger partial charge on any atom is 0.256 e. The second-order valence-electron chi connectivity index (χ2n) is 8.29. The summed E-state index contributed by atoms with van der Waals surface area (Å²) in [5.41, 5.74) is 1.02. The lowest BCUT2D eigenvalue weighted by atomic mass is 9.74. The third-order valence-electron chi connectivity index (χ3n) is 5.92. The molecule has 1 aromatic carbocycles. The van der Waals surface area contributed by atoms with E-state index in [1.807, 2.05) is 41.1 Å². The molecule has 1 aliphatic carbocycles. The molecule has 1 spiro atoms. The fourth-order valence-corrected chi connectivity index (χ4v) is 5.24. The van der Waals surface area contributed by atoms with Gasteiger partial charge < -0.3 is 9.80 Å². The van der Waals surface area contributed by atoms with Crippen LogP contribution in [0.5, 0.6) is 0 Å². The zero-order chi connectivity index (χ0) is 16.6. The van der Waals surface area contributed by atoms with E-state index in [9.17, 15) is 9.59 Å². The van der Waals surface area contributed by atoms with E-state index in [0.29, 0.717) is 0 Å². The van der Waals surface area contributed by atoms with Crippen molar-refractivity contribution in [3.8, 4) is 0 Å². The quantitative estimate of drug-likeness (QED) is 0.739. The molecular weight excluding hydrogens is 288 g/mol. The average Bonchev–Trinajstić information content (AvgIpc) is 3.03. The molecule has 4 nitrogen and oxygen atoms in total. The Morgan fingerprint density at radius 1 is 1.17 bits per heavy atom. The molecule has 0 unspecified atom stereocenters. The Morgan fingerprint density at radius 2 is 1.87 bits per heavy atom. The van der Waals surface area contributed by atoms with Crippen molar-refractivity contribution in [3.63, 3.8) is 0 Å². The highest BCUT2D eigenvalue weighted by Gasteiger charge is 2.67. The molecule has 0 radical (unpaired) electrons. The van der Waals surface area contributed by atoms with Crippen molar-refractivity contribution >= 4 is 11.8 Å². The van der Waals surface area contributed by atoms with E-state index in [1.165, 1.54) is 0 Å². The summed E-state index contributed by atoms with van der Waals surface area (Å²) in [6, 6.07) is 7.87. The fourth-order valence-electron chi connectivity index (χ4n) is 5.24. The van der Waals surface area contributed by atoms with Crippen molar-refractivity contribution in [1.82, 2.24) is 9.80 Å². The number of hydrogen-bond donors (Lipinski definition) is 0. The lowest BCUT2D eigenvalue weighted by Crippen LogP contribution is -2.60. The van der Waals surface area contributed by atoms with E-state index < -0.39 is 5.54 Å². The van der Waals surface area contributed by atoms with Gasteiger partial charge in [-0.2, -0.15) is 0 Å². The van der Waals surface area contributed by atoms with E-state index in [2.05, 4.69) is 20.8 Å². The van der Waals surface area contributed by atoms with Crippen molar-refractivity contribution in [2.24, 2.45) is 5.41 Å². The highest BCUT2D eigenvalue weighted by molar-refractivity contribution is 6.06. The van der Waals surface area contributed by atoms with Crippen LogP contribution in [-0.2, 0) is 4.79 Å². The number of amides is 2. The van der Waals surface area contributed by atoms with Crippen LogP contribution in [0.4, 0.5) is 0 Å². The normalized spacial score (nSPS) is 32.9. The van der Waals surface area contributed by atoms with E-state index >= 15 is 0 Å². The topological polar surface area (TPSA) is 40.6 Å². The molecule has 3 atom stereocenters. The smallest absolute Gasteiger partial charge is 0.256 e. The minimum Gasteiger partial charge on any atom is -0.323 e. The third kappa shape index (κ3) is 1.62. The Hall–Kier alpha value is -1.84. The first-order chi connectivity index (χ1) is 10.8. The molecule has 2 fully saturated rings. The molecule has 4 rings (SSSR count). The van der Waals surface area contributed by atoms with Crippen LogP contribution in [0.1, 0.15) is 61.9 Å². The maximum absolute atomic E-state index is 13.3. The van der Waals surface area contributed by atoms with E-state index in [4.69, 9.17) is 0 Å². The molecule has 0 aromatic heterocycles. The Morgan fingerprint density at radius 3 is 2.57 bits per heavy atom. The minimum atomic E-state index is -0.655. The lowest BCUT2D eigenvalue weighted by Gasteiger charge is -2.47. The number of carbonyl (C=O) groups is 2. The summed E-state index contributed by atoms with van der Waals surface area (Å²) in [5.74, 6) is 0.290. The number of hydrogen-bond acceptors (Lipinski definition) is 2. The number of carbonyl (C=O) groups excluding carboxylic acids is 2. The first-order valence-electron chi connectivity index (χ1n) is 8.50. The van der Waals surface area contributed by atoms with Gasteiger partial charge in [0.2, 0.25) is 0 Å². The minimum absolute atomic E-state index is 0.0244. The monoisotopic (exact) mass is 312 g/mol. The number of fused-ring (bicyclic) bond motifs is 2. The zero-order valence-electron chi connectivity index (χ0n) is 14.3. The van der Waals surface area contributed by atoms with E-state index in [1.54, 1.807) is 0 Å². The summed E-state index contributed by atoms with van der Waals surface area (Å²) in [5, 5.41) is 0. The van der Waals surface area contributed by atoms with Gasteiger partial charge in [-0.15, -0.1) is 0 Å². The molecule has 4 heteroatoms. The zero-order valence-corrected chi connectivity index (χ0v) is 14.3. The third-order valence-corrected chi connectivity index (χ3v) is 5.92. The van der Waals surface area contributed by atoms with Gasteiger partial charge in [0.05, 0.1) is 0 Å². The van der Waals surface area contributed by atoms with Crippen molar-refractivity contribution in [2.45, 2.75) is 57.7 Å². The van der Waals surface area contributed by atoms with Gasteiger partial charge in [-0.1, -0.05) is 39.0 Å². The number of likely N-dealkylation sites (N-methyl/N-ethyl adjacent to an activating group) is 1. The van der Waals surface area contributed by atoms with Crippen molar-refractivity contribution < 1.29 is 9.59 Å². The Kier molecular flexibility index (Phi) is 2.80. The number of rotatable bonds is 0. The van der Waals surface area contributed by atoms with Gasteiger partial charge in [0, 0.05) is 23.9 Å². The van der Waals surface area contributed by atoms with Gasteiger partial charge in [0.25, 0.3) is 11.8 Å². The van der Waals surface area contributed by atoms with Crippen LogP contribution in [0.3, 0.4) is 0 Å². The van der Waals surface area contributed by atoms with Crippen LogP contribution < -0.4 is 0 Å². The molecule has 0 N–H and O–H groups in total. The van der Waals surface area contributed by atoms with E-state index in [0.717, 1.165) is 30.4 Å². The lowest BCUT2D eigenvalue weighted by molar-refractivity contribution is -0.133. The van der Waals surface area contributed by atoms with E-state index in [-0.39, 0.29) is 29.3 Å². The van der Waals surface area contributed by atoms with Crippen LogP contribution in [0.2, 0.25) is 0 Å². The van der Waals surface area contributed by atoms with Gasteiger partial charge in [-0.05, 0) is 30.9 Å². The molecule has 2 amide bonds. The SMILES string of the molecule is CN1C(=O)[C@@]23CCC[C@@H]2c2ccccc2C(=O)N3[C@H]1C(C)(C)C. The molecule has 0 bridgehead atoms. The average molecular weight is 312 g/mol. The van der Waals surface area contributed by atoms with Crippen LogP contribution in [0, 0.1) is 5.41 Å². The second kappa shape index (κ2) is 4.37. The summed E-state index contributed by atoms with van der Waals surface area (Å²) in [7, 11) is 1.86. The summed E-state index contributed by atoms with van der Waals surface area (Å²) < 4.78 is 0. The van der Waals surface area contributed by atoms with Gasteiger partial charge >= 0.3 is 0 Å². The van der Waals surface area contributed by atoms with Gasteiger partial charge in [-0.3, -0.25) is 9.59 Å². The Bertz CT molecular complexity index is 706. The number of nitrogens with zero attached hydrogens (tertiary/aromatic N) is 2. The van der Waals surface area contributed by atoms with Crippen LogP contribution >= 0.6 is 0 Å². The van der Waals surface area contributed by atoms with Crippen LogP contribution in [0.15, 0.2) is 24.3 Å². The van der Waals surface area contributed by atoms with Crippen molar-refractivity contribution in [3.05, 3.63) is 35.4 Å². The summed E-state index contributed by atoms with van der Waals surface area (Å²) in [6.07, 6.45) is 2.58. The first-order valence-corrected chi connectivity index (χ1v) is 8.50. The largest absolute Gasteiger partial charge is 0.323 e. The summed E-state index contributed by atoms with van der Waals surface area (Å²) >= 11 is 0. The Labute approximate surface area is 137 Å². The molecule has 2 heterocycles. The number of benzene rings is 1. The highest BCUT2D eigenvalue weighted by Crippen LogP contribution is 2.57. The standard InChI is InChI=1S/C19H24N2O2/c1-18(2,3)16-20(4)17(23)19-11-7-10-14(19)12-8-5-6-9-13(12)15(22)21(16)19/h5-6,8-9,14,16H,7,10-11H2,1-4H3/t14-,16+,19-/m1/s1. The predicted octanol–water partition coefficient (Wildman–Crippen LogP) is 2.99. The van der Waals surface area contributed by atoms with Crippen molar-refractivity contribution in [1.29, 1.82) is 0 Å². The molecule has 122 valence electrons. The molecule has 1 saturated carbocycles. The molecule has 1 aromatic rings. The predicted molar refractivity (Wildman–Crippen MR) is 87.9 cm³/mol. The second-order valence-corrected chi connectivity index (χ2v) is 8.29. The summed E-state index contributed by atoms with van der Waals surface area (Å²) in [6.45, 7) is 6.33. The van der Waals surface area contributed by atoms with Crippen LogP contribution in [0.25, 0.3) is 0 Å². The van der Waals surface area contributed by atoms with Crippen LogP contribution in [-0.4, -0.2) is 40.4 Å². The highest BCUT2D eigenvalue weighted by atomic mass is 16.2. The Balaban J connectivity index is 1.99. The van der Waals surface area contributed by atoms with Gasteiger partial charge in [0.15, 0.2) is 0 Å². The molecule has 2 aliphatic heterocycles. The van der Waals surface area contributed by atoms with Gasteiger partial charge in [-0.25, -0.2) is 0 Å². The summed E-state index contributed by atoms with van der Waals surface area (Å²) in [4.78, 5) is 30.4. The van der Waals surface area contributed by atoms with Gasteiger partial charge in [0.1, 0.15) is 11.7 Å². The fraction of sp³-hybridized carbons (Fsp3) is 0.579. The molecule has 3 aliphatic rings. The molecular formula is C19H24N2O2.